The lowest BCUT2D eigenvalue weighted by Crippen LogP contribution is -2.24. The minimum absolute atomic E-state index is 0.165. The van der Waals surface area contributed by atoms with Crippen LogP contribution in [0.4, 0.5) is 0 Å². The van der Waals surface area contributed by atoms with E-state index < -0.39 is 5.41 Å². The van der Waals surface area contributed by atoms with Crippen molar-refractivity contribution in [2.45, 2.75) is 47.1 Å². The number of aliphatic hydroxyl groups excluding tert-OH is 1. The number of rotatable bonds is 5. The average Bonchev–Trinajstić information content (AvgIpc) is 2.00. The van der Waals surface area contributed by atoms with E-state index in [0.29, 0.717) is 13.0 Å². The molecule has 0 fully saturated rings. The van der Waals surface area contributed by atoms with Crippen LogP contribution < -0.4 is 0 Å². The highest BCUT2D eigenvalue weighted by Crippen LogP contribution is 2.15. The van der Waals surface area contributed by atoms with Crippen LogP contribution in [0, 0.1) is 11.3 Å². The molecule has 15 heavy (non-hydrogen) atoms. The van der Waals surface area contributed by atoms with E-state index in [1.165, 1.54) is 0 Å². The molecule has 0 saturated heterocycles. The van der Waals surface area contributed by atoms with Crippen molar-refractivity contribution < 1.29 is 19.7 Å². The quantitative estimate of drug-likeness (QED) is 0.565. The second-order valence-electron chi connectivity index (χ2n) is 5.10. The van der Waals surface area contributed by atoms with Crippen LogP contribution in [0.5, 0.6) is 0 Å². The molecule has 0 aromatic rings. The Labute approximate surface area is 91.5 Å². The van der Waals surface area contributed by atoms with Gasteiger partial charge < -0.3 is 5.11 Å². The molecule has 2 atom stereocenters. The van der Waals surface area contributed by atoms with Gasteiger partial charge >= 0.3 is 5.97 Å². The Bertz CT molecular complexity index is 193. The standard InChI is InChI=1S/C11H22O4/c1-8(6-9(2)12)7-14-15-10(13)11(3,4)5/h8-9,12H,6-7H2,1-5H3. The van der Waals surface area contributed by atoms with Gasteiger partial charge in [0.05, 0.1) is 18.1 Å². The zero-order valence-electron chi connectivity index (χ0n) is 10.2. The van der Waals surface area contributed by atoms with E-state index in [0.717, 1.165) is 0 Å². The molecule has 2 unspecified atom stereocenters. The molecule has 0 spiro atoms. The number of aliphatic hydroxyl groups is 1. The highest BCUT2D eigenvalue weighted by molar-refractivity contribution is 5.74. The largest absolute Gasteiger partial charge is 0.393 e. The molecule has 0 radical (unpaired) electrons. The zero-order chi connectivity index (χ0) is 12.1. The summed E-state index contributed by atoms with van der Waals surface area (Å²) in [6.45, 7) is 9.25. The van der Waals surface area contributed by atoms with E-state index >= 15 is 0 Å². The summed E-state index contributed by atoms with van der Waals surface area (Å²) in [6, 6.07) is 0. The molecular formula is C11H22O4. The topological polar surface area (TPSA) is 55.8 Å². The van der Waals surface area contributed by atoms with Crippen LogP contribution >= 0.6 is 0 Å². The van der Waals surface area contributed by atoms with Gasteiger partial charge in [0, 0.05) is 0 Å². The predicted octanol–water partition coefficient (Wildman–Crippen LogP) is 1.91. The normalized spacial score (nSPS) is 15.9. The lowest BCUT2D eigenvalue weighted by molar-refractivity contribution is -0.284. The van der Waals surface area contributed by atoms with Crippen LogP contribution in [-0.4, -0.2) is 23.8 Å². The van der Waals surface area contributed by atoms with Crippen molar-refractivity contribution in [1.82, 2.24) is 0 Å². The summed E-state index contributed by atoms with van der Waals surface area (Å²) < 4.78 is 0. The molecule has 90 valence electrons. The molecule has 0 aliphatic rings. The van der Waals surface area contributed by atoms with Gasteiger partial charge in [0.25, 0.3) is 0 Å². The first-order valence-electron chi connectivity index (χ1n) is 5.25. The van der Waals surface area contributed by atoms with Crippen LogP contribution in [0.15, 0.2) is 0 Å². The van der Waals surface area contributed by atoms with Gasteiger partial charge in [-0.2, -0.15) is 4.89 Å². The maximum absolute atomic E-state index is 11.3. The summed E-state index contributed by atoms with van der Waals surface area (Å²) in [4.78, 5) is 20.7. The third-order valence-corrected chi connectivity index (χ3v) is 1.84. The molecule has 1 N–H and O–H groups in total. The maximum atomic E-state index is 11.3. The van der Waals surface area contributed by atoms with Gasteiger partial charge in [-0.15, -0.1) is 0 Å². The molecule has 4 heteroatoms. The minimum Gasteiger partial charge on any atom is -0.393 e. The summed E-state index contributed by atoms with van der Waals surface area (Å²) in [6.07, 6.45) is 0.273. The molecular weight excluding hydrogens is 196 g/mol. The molecule has 0 saturated carbocycles. The zero-order valence-corrected chi connectivity index (χ0v) is 10.2. The fourth-order valence-electron chi connectivity index (χ4n) is 0.979. The third-order valence-electron chi connectivity index (χ3n) is 1.84. The van der Waals surface area contributed by atoms with Gasteiger partial charge in [-0.3, -0.25) is 4.89 Å². The van der Waals surface area contributed by atoms with Crippen LogP contribution in [0.3, 0.4) is 0 Å². The molecule has 0 amide bonds. The van der Waals surface area contributed by atoms with Gasteiger partial charge in [0.15, 0.2) is 0 Å². The Balaban J connectivity index is 3.67. The van der Waals surface area contributed by atoms with Gasteiger partial charge in [-0.1, -0.05) is 6.92 Å². The van der Waals surface area contributed by atoms with Gasteiger partial charge in [-0.25, -0.2) is 4.79 Å². The number of hydrogen-bond donors (Lipinski definition) is 1. The predicted molar refractivity (Wildman–Crippen MR) is 57.0 cm³/mol. The lowest BCUT2D eigenvalue weighted by Gasteiger charge is -2.17. The molecule has 0 aromatic heterocycles. The Morgan fingerprint density at radius 2 is 1.87 bits per heavy atom. The van der Waals surface area contributed by atoms with E-state index in [-0.39, 0.29) is 18.0 Å². The minimum atomic E-state index is -0.548. The van der Waals surface area contributed by atoms with Crippen LogP contribution in [0.2, 0.25) is 0 Å². The number of carbonyl (C=O) groups excluding carboxylic acids is 1. The van der Waals surface area contributed by atoms with Crippen molar-refractivity contribution in [2.24, 2.45) is 11.3 Å². The van der Waals surface area contributed by atoms with Gasteiger partial charge in [0.1, 0.15) is 0 Å². The summed E-state index contributed by atoms with van der Waals surface area (Å²) in [5.74, 6) is -0.218. The lowest BCUT2D eigenvalue weighted by atomic mass is 9.98. The summed E-state index contributed by atoms with van der Waals surface area (Å²) in [5.41, 5.74) is -0.548. The van der Waals surface area contributed by atoms with E-state index in [2.05, 4.69) is 4.89 Å². The monoisotopic (exact) mass is 218 g/mol. The second-order valence-corrected chi connectivity index (χ2v) is 5.10. The smallest absolute Gasteiger partial charge is 0.347 e. The summed E-state index contributed by atoms with van der Waals surface area (Å²) in [7, 11) is 0. The summed E-state index contributed by atoms with van der Waals surface area (Å²) in [5, 5.41) is 9.10. The maximum Gasteiger partial charge on any atom is 0.347 e. The van der Waals surface area contributed by atoms with E-state index in [1.807, 2.05) is 6.92 Å². The van der Waals surface area contributed by atoms with E-state index in [4.69, 9.17) is 9.99 Å². The highest BCUT2D eigenvalue weighted by Gasteiger charge is 2.24. The fourth-order valence-corrected chi connectivity index (χ4v) is 0.979. The van der Waals surface area contributed by atoms with Crippen molar-refractivity contribution in [2.75, 3.05) is 6.61 Å². The Morgan fingerprint density at radius 1 is 1.33 bits per heavy atom. The number of hydrogen-bond acceptors (Lipinski definition) is 4. The Hall–Kier alpha value is -0.610. The molecule has 0 aliphatic carbocycles. The first kappa shape index (κ1) is 14.4. The number of carbonyl (C=O) groups is 1. The molecule has 0 heterocycles. The van der Waals surface area contributed by atoms with Crippen LogP contribution in [0.1, 0.15) is 41.0 Å². The van der Waals surface area contributed by atoms with Gasteiger partial charge in [0.2, 0.25) is 0 Å². The third kappa shape index (κ3) is 7.33. The molecule has 4 nitrogen and oxygen atoms in total. The molecule has 0 rings (SSSR count). The average molecular weight is 218 g/mol. The van der Waals surface area contributed by atoms with Gasteiger partial charge in [-0.05, 0) is 40.0 Å². The van der Waals surface area contributed by atoms with Crippen molar-refractivity contribution >= 4 is 5.97 Å². The molecule has 0 aromatic carbocycles. The summed E-state index contributed by atoms with van der Waals surface area (Å²) >= 11 is 0. The van der Waals surface area contributed by atoms with Crippen molar-refractivity contribution in [3.8, 4) is 0 Å². The highest BCUT2D eigenvalue weighted by atomic mass is 17.2. The molecule has 0 bridgehead atoms. The van der Waals surface area contributed by atoms with E-state index in [1.54, 1.807) is 27.7 Å². The van der Waals surface area contributed by atoms with Crippen LogP contribution in [-0.2, 0) is 14.6 Å². The van der Waals surface area contributed by atoms with Crippen molar-refractivity contribution in [3.63, 3.8) is 0 Å². The first-order chi connectivity index (χ1) is 6.73. The van der Waals surface area contributed by atoms with E-state index in [9.17, 15) is 4.79 Å². The van der Waals surface area contributed by atoms with Crippen molar-refractivity contribution in [1.29, 1.82) is 0 Å². The Kier molecular flexibility index (Phi) is 5.83. The van der Waals surface area contributed by atoms with Crippen LogP contribution in [0.25, 0.3) is 0 Å². The molecule has 0 aliphatic heterocycles. The fraction of sp³-hybridized carbons (Fsp3) is 0.909. The first-order valence-corrected chi connectivity index (χ1v) is 5.25. The SMILES string of the molecule is CC(O)CC(C)COOC(=O)C(C)(C)C. The second kappa shape index (κ2) is 6.08. The van der Waals surface area contributed by atoms with Crippen molar-refractivity contribution in [3.05, 3.63) is 0 Å². The Morgan fingerprint density at radius 3 is 2.27 bits per heavy atom.